The molecule has 0 aliphatic carbocycles. The monoisotopic (exact) mass is 409 g/mol. The van der Waals surface area contributed by atoms with Gasteiger partial charge in [0.1, 0.15) is 18.1 Å². The maximum atomic E-state index is 6.10. The average molecular weight is 409 g/mol. The standard InChI is InChI=1S/C20H19N5O3S/c1-26-15-8-5-9-16(10-15)27-12-18-23-24-20(25(18)21)29-13-19-22-11-17(28-19)14-6-3-2-4-7-14/h2-11H,12-13,21H2,1H3. The number of nitrogens with zero attached hydrogens (tertiary/aromatic N) is 4. The van der Waals surface area contributed by atoms with Crippen LogP contribution in [0.5, 0.6) is 11.5 Å². The Bertz CT molecular complexity index is 1080. The van der Waals surface area contributed by atoms with Gasteiger partial charge in [0, 0.05) is 11.6 Å². The van der Waals surface area contributed by atoms with Crippen LogP contribution in [0.4, 0.5) is 0 Å². The Hall–Kier alpha value is -3.46. The predicted octanol–water partition coefficient (Wildman–Crippen LogP) is 3.53. The van der Waals surface area contributed by atoms with E-state index in [1.54, 1.807) is 19.4 Å². The average Bonchev–Trinajstić information content (AvgIpc) is 3.38. The first kappa shape index (κ1) is 18.9. The Balaban J connectivity index is 1.36. The Morgan fingerprint density at radius 2 is 1.90 bits per heavy atom. The number of benzene rings is 2. The number of thioether (sulfide) groups is 1. The van der Waals surface area contributed by atoms with Gasteiger partial charge in [0.25, 0.3) is 0 Å². The van der Waals surface area contributed by atoms with E-state index in [1.165, 1.54) is 16.4 Å². The van der Waals surface area contributed by atoms with Crippen LogP contribution in [-0.4, -0.2) is 27.0 Å². The molecule has 2 N–H and O–H groups in total. The minimum Gasteiger partial charge on any atom is -0.497 e. The minimum absolute atomic E-state index is 0.189. The van der Waals surface area contributed by atoms with Gasteiger partial charge >= 0.3 is 0 Å². The third-order valence-corrected chi connectivity index (χ3v) is 5.01. The SMILES string of the molecule is COc1cccc(OCc2nnc(SCc3ncc(-c4ccccc4)o3)n2N)c1. The third kappa shape index (κ3) is 4.52. The number of ether oxygens (including phenoxy) is 2. The number of methoxy groups -OCH3 is 1. The molecule has 0 aliphatic heterocycles. The smallest absolute Gasteiger partial charge is 0.210 e. The highest BCUT2D eigenvalue weighted by molar-refractivity contribution is 7.98. The van der Waals surface area contributed by atoms with Crippen molar-refractivity contribution < 1.29 is 13.9 Å². The molecule has 8 nitrogen and oxygen atoms in total. The summed E-state index contributed by atoms with van der Waals surface area (Å²) >= 11 is 1.39. The van der Waals surface area contributed by atoms with Crippen LogP contribution < -0.4 is 15.3 Å². The zero-order valence-corrected chi connectivity index (χ0v) is 16.5. The van der Waals surface area contributed by atoms with Crippen molar-refractivity contribution in [3.05, 3.63) is 72.5 Å². The molecule has 0 spiro atoms. The molecule has 0 unspecified atom stereocenters. The lowest BCUT2D eigenvalue weighted by Gasteiger charge is -2.07. The van der Waals surface area contributed by atoms with Crippen LogP contribution in [0.25, 0.3) is 11.3 Å². The van der Waals surface area contributed by atoms with Crippen LogP contribution in [-0.2, 0) is 12.4 Å². The second-order valence-electron chi connectivity index (χ2n) is 6.01. The number of nitrogens with two attached hydrogens (primary N) is 1. The molecule has 0 saturated carbocycles. The van der Waals surface area contributed by atoms with Gasteiger partial charge in [0.2, 0.25) is 11.0 Å². The van der Waals surface area contributed by atoms with Crippen molar-refractivity contribution in [2.45, 2.75) is 17.5 Å². The van der Waals surface area contributed by atoms with Gasteiger partial charge in [-0.25, -0.2) is 9.66 Å². The maximum Gasteiger partial charge on any atom is 0.210 e. The minimum atomic E-state index is 0.189. The highest BCUT2D eigenvalue weighted by Gasteiger charge is 2.13. The van der Waals surface area contributed by atoms with E-state index >= 15 is 0 Å². The van der Waals surface area contributed by atoms with E-state index in [9.17, 15) is 0 Å². The molecule has 0 aliphatic rings. The number of nitrogen functional groups attached to an aromatic ring is 1. The molecule has 29 heavy (non-hydrogen) atoms. The molecule has 2 aromatic carbocycles. The van der Waals surface area contributed by atoms with Gasteiger partial charge in [0.15, 0.2) is 11.6 Å². The number of rotatable bonds is 8. The highest BCUT2D eigenvalue weighted by atomic mass is 32.2. The van der Waals surface area contributed by atoms with Crippen molar-refractivity contribution in [3.63, 3.8) is 0 Å². The lowest BCUT2D eigenvalue weighted by molar-refractivity contribution is 0.289. The normalized spacial score (nSPS) is 10.8. The predicted molar refractivity (Wildman–Crippen MR) is 109 cm³/mol. The van der Waals surface area contributed by atoms with Crippen LogP contribution in [0.2, 0.25) is 0 Å². The van der Waals surface area contributed by atoms with Crippen molar-refractivity contribution in [1.29, 1.82) is 0 Å². The molecule has 0 fully saturated rings. The van der Waals surface area contributed by atoms with Crippen molar-refractivity contribution >= 4 is 11.8 Å². The topological polar surface area (TPSA) is 101 Å². The number of hydrogen-bond acceptors (Lipinski definition) is 8. The molecule has 2 aromatic heterocycles. The lowest BCUT2D eigenvalue weighted by atomic mass is 10.2. The first-order valence-corrected chi connectivity index (χ1v) is 9.80. The van der Waals surface area contributed by atoms with E-state index in [0.717, 1.165) is 11.3 Å². The molecule has 0 atom stereocenters. The number of hydrogen-bond donors (Lipinski definition) is 1. The van der Waals surface area contributed by atoms with Crippen LogP contribution in [0.15, 0.2) is 70.4 Å². The number of oxazole rings is 1. The third-order valence-electron chi connectivity index (χ3n) is 4.08. The van der Waals surface area contributed by atoms with Crippen LogP contribution in [0.1, 0.15) is 11.7 Å². The first-order chi connectivity index (χ1) is 14.2. The zero-order chi connectivity index (χ0) is 20.1. The molecule has 0 radical (unpaired) electrons. The highest BCUT2D eigenvalue weighted by Crippen LogP contribution is 2.25. The van der Waals surface area contributed by atoms with E-state index in [0.29, 0.717) is 34.1 Å². The maximum absolute atomic E-state index is 6.10. The van der Waals surface area contributed by atoms with E-state index in [-0.39, 0.29) is 6.61 Å². The molecule has 0 amide bonds. The molecule has 0 bridgehead atoms. The summed E-state index contributed by atoms with van der Waals surface area (Å²) in [5, 5.41) is 8.77. The Morgan fingerprint density at radius 3 is 2.72 bits per heavy atom. The zero-order valence-electron chi connectivity index (χ0n) is 15.7. The van der Waals surface area contributed by atoms with Crippen molar-refractivity contribution in [2.75, 3.05) is 13.0 Å². The van der Waals surface area contributed by atoms with Gasteiger partial charge in [-0.2, -0.15) is 0 Å². The van der Waals surface area contributed by atoms with E-state index in [4.69, 9.17) is 19.7 Å². The fourth-order valence-corrected chi connectivity index (χ4v) is 3.31. The summed E-state index contributed by atoms with van der Waals surface area (Å²) in [6.07, 6.45) is 1.71. The quantitative estimate of drug-likeness (QED) is 0.348. The molecule has 4 rings (SSSR count). The fourth-order valence-electron chi connectivity index (χ4n) is 2.58. The van der Waals surface area contributed by atoms with Gasteiger partial charge in [-0.1, -0.05) is 48.2 Å². The van der Waals surface area contributed by atoms with Crippen molar-refractivity contribution in [3.8, 4) is 22.8 Å². The molecule has 9 heteroatoms. The second kappa shape index (κ2) is 8.70. The van der Waals surface area contributed by atoms with Gasteiger partial charge in [-0.3, -0.25) is 0 Å². The Morgan fingerprint density at radius 1 is 1.07 bits per heavy atom. The molecule has 4 aromatic rings. The van der Waals surface area contributed by atoms with Gasteiger partial charge < -0.3 is 19.7 Å². The van der Waals surface area contributed by atoms with Gasteiger partial charge in [-0.05, 0) is 12.1 Å². The van der Waals surface area contributed by atoms with Crippen LogP contribution in [0.3, 0.4) is 0 Å². The summed E-state index contributed by atoms with van der Waals surface area (Å²) < 4.78 is 18.1. The summed E-state index contributed by atoms with van der Waals surface area (Å²) in [6.45, 7) is 0.189. The molecule has 2 heterocycles. The summed E-state index contributed by atoms with van der Waals surface area (Å²) in [7, 11) is 1.61. The summed E-state index contributed by atoms with van der Waals surface area (Å²) in [5.74, 6) is 9.78. The van der Waals surface area contributed by atoms with E-state index in [1.807, 2.05) is 48.5 Å². The van der Waals surface area contributed by atoms with Crippen molar-refractivity contribution in [1.82, 2.24) is 19.9 Å². The summed E-state index contributed by atoms with van der Waals surface area (Å²) in [5.41, 5.74) is 0.982. The summed E-state index contributed by atoms with van der Waals surface area (Å²) in [6, 6.07) is 17.1. The van der Waals surface area contributed by atoms with E-state index in [2.05, 4.69) is 15.2 Å². The Labute approximate surface area is 171 Å². The molecule has 0 saturated heterocycles. The van der Waals surface area contributed by atoms with Crippen molar-refractivity contribution in [2.24, 2.45) is 0 Å². The molecular weight excluding hydrogens is 390 g/mol. The Kier molecular flexibility index (Phi) is 5.66. The van der Waals surface area contributed by atoms with E-state index < -0.39 is 0 Å². The molecular formula is C20H19N5O3S. The lowest BCUT2D eigenvalue weighted by Crippen LogP contribution is -2.15. The number of aromatic nitrogens is 4. The van der Waals surface area contributed by atoms with Gasteiger partial charge in [0.05, 0.1) is 19.1 Å². The second-order valence-corrected chi connectivity index (χ2v) is 6.95. The van der Waals surface area contributed by atoms with Crippen LogP contribution in [0, 0.1) is 0 Å². The van der Waals surface area contributed by atoms with Crippen LogP contribution >= 0.6 is 11.8 Å². The summed E-state index contributed by atoms with van der Waals surface area (Å²) in [4.78, 5) is 4.31. The largest absolute Gasteiger partial charge is 0.497 e. The van der Waals surface area contributed by atoms with Gasteiger partial charge in [-0.15, -0.1) is 10.2 Å². The first-order valence-electron chi connectivity index (χ1n) is 8.82. The molecule has 148 valence electrons. The fraction of sp³-hybridized carbons (Fsp3) is 0.150.